The average Bonchev–Trinajstić information content (AvgIpc) is 2.84. The summed E-state index contributed by atoms with van der Waals surface area (Å²) in [5.41, 5.74) is 1.49. The Hall–Kier alpha value is -0.640. The van der Waals surface area contributed by atoms with Crippen LogP contribution in [-0.2, 0) is 11.2 Å². The zero-order valence-electron chi connectivity index (χ0n) is 10.9. The Kier molecular flexibility index (Phi) is 7.97. The van der Waals surface area contributed by atoms with Crippen molar-refractivity contribution in [2.75, 3.05) is 26.8 Å². The van der Waals surface area contributed by atoms with Crippen molar-refractivity contribution in [1.82, 2.24) is 5.32 Å². The van der Waals surface area contributed by atoms with Crippen LogP contribution in [0.25, 0.3) is 0 Å². The van der Waals surface area contributed by atoms with E-state index in [4.69, 9.17) is 4.74 Å². The molecular weight excluding hydrogens is 230 g/mol. The topological polar surface area (TPSA) is 21.3 Å². The Morgan fingerprint density at radius 3 is 3.06 bits per heavy atom. The maximum atomic E-state index is 4.97. The summed E-state index contributed by atoms with van der Waals surface area (Å²) >= 11 is 1.85. The quantitative estimate of drug-likeness (QED) is 0.539. The van der Waals surface area contributed by atoms with E-state index in [1.54, 1.807) is 7.11 Å². The summed E-state index contributed by atoms with van der Waals surface area (Å²) in [6.45, 7) is 5.00. The van der Waals surface area contributed by atoms with E-state index in [1.807, 2.05) is 11.3 Å². The van der Waals surface area contributed by atoms with E-state index < -0.39 is 0 Å². The highest BCUT2D eigenvalue weighted by atomic mass is 32.1. The Balaban J connectivity index is 2.04. The smallest absolute Gasteiger partial charge is 0.0587 e. The molecule has 0 saturated heterocycles. The lowest BCUT2D eigenvalue weighted by Crippen LogP contribution is -2.19. The third-order valence-electron chi connectivity index (χ3n) is 2.64. The minimum atomic E-state index is 0.793. The summed E-state index contributed by atoms with van der Waals surface area (Å²) in [4.78, 5) is 1.48. The van der Waals surface area contributed by atoms with Gasteiger partial charge in [-0.05, 0) is 44.2 Å². The number of hydrogen-bond donors (Lipinski definition) is 1. The lowest BCUT2D eigenvalue weighted by Gasteiger charge is -2.03. The van der Waals surface area contributed by atoms with E-state index in [-0.39, 0.29) is 0 Å². The van der Waals surface area contributed by atoms with Gasteiger partial charge in [0.1, 0.15) is 0 Å². The number of ether oxygens (including phenoxy) is 1. The Morgan fingerprint density at radius 2 is 2.35 bits per heavy atom. The molecule has 0 radical (unpaired) electrons. The van der Waals surface area contributed by atoms with E-state index in [0.717, 1.165) is 26.1 Å². The number of rotatable bonds is 9. The fraction of sp³-hybridized carbons (Fsp3) is 0.571. The van der Waals surface area contributed by atoms with Crippen molar-refractivity contribution in [2.24, 2.45) is 0 Å². The van der Waals surface area contributed by atoms with Gasteiger partial charge in [-0.2, -0.15) is 0 Å². The van der Waals surface area contributed by atoms with E-state index in [9.17, 15) is 0 Å². The highest BCUT2D eigenvalue weighted by Gasteiger charge is 1.95. The van der Waals surface area contributed by atoms with Crippen LogP contribution in [0, 0.1) is 0 Å². The van der Waals surface area contributed by atoms with Crippen LogP contribution in [0.1, 0.15) is 24.6 Å². The maximum Gasteiger partial charge on any atom is 0.0587 e. The van der Waals surface area contributed by atoms with E-state index >= 15 is 0 Å². The SMILES string of the molecule is COCCNCCC=C(C)CCc1cccs1. The van der Waals surface area contributed by atoms with Crippen molar-refractivity contribution in [3.63, 3.8) is 0 Å². The Morgan fingerprint density at radius 1 is 1.47 bits per heavy atom. The van der Waals surface area contributed by atoms with Crippen molar-refractivity contribution < 1.29 is 4.74 Å². The third-order valence-corrected chi connectivity index (χ3v) is 3.58. The summed E-state index contributed by atoms with van der Waals surface area (Å²) in [5.74, 6) is 0. The van der Waals surface area contributed by atoms with Gasteiger partial charge in [0.2, 0.25) is 0 Å². The molecule has 0 fully saturated rings. The Labute approximate surface area is 109 Å². The third kappa shape index (κ3) is 7.31. The van der Waals surface area contributed by atoms with E-state index in [0.29, 0.717) is 0 Å². The average molecular weight is 253 g/mol. The predicted octanol–water partition coefficient (Wildman–Crippen LogP) is 3.25. The van der Waals surface area contributed by atoms with Crippen LogP contribution >= 0.6 is 11.3 Å². The number of hydrogen-bond acceptors (Lipinski definition) is 3. The lowest BCUT2D eigenvalue weighted by molar-refractivity contribution is 0.199. The van der Waals surface area contributed by atoms with Gasteiger partial charge >= 0.3 is 0 Å². The zero-order valence-corrected chi connectivity index (χ0v) is 11.7. The lowest BCUT2D eigenvalue weighted by atomic mass is 10.1. The highest BCUT2D eigenvalue weighted by molar-refractivity contribution is 7.09. The number of nitrogens with one attached hydrogen (secondary N) is 1. The molecule has 0 unspecified atom stereocenters. The second-order valence-electron chi connectivity index (χ2n) is 4.16. The normalized spacial score (nSPS) is 12.0. The highest BCUT2D eigenvalue weighted by Crippen LogP contribution is 2.14. The van der Waals surface area contributed by atoms with Crippen molar-refractivity contribution >= 4 is 11.3 Å². The first-order valence-electron chi connectivity index (χ1n) is 6.20. The first-order valence-corrected chi connectivity index (χ1v) is 7.08. The van der Waals surface area contributed by atoms with Crippen molar-refractivity contribution in [3.05, 3.63) is 34.0 Å². The molecule has 1 aromatic rings. The molecule has 1 N–H and O–H groups in total. The van der Waals surface area contributed by atoms with Crippen LogP contribution in [0.4, 0.5) is 0 Å². The van der Waals surface area contributed by atoms with Crippen LogP contribution < -0.4 is 5.32 Å². The number of thiophene rings is 1. The molecule has 0 aromatic carbocycles. The first kappa shape index (κ1) is 14.4. The van der Waals surface area contributed by atoms with Crippen molar-refractivity contribution in [1.29, 1.82) is 0 Å². The molecule has 0 spiro atoms. The number of methoxy groups -OCH3 is 1. The molecule has 1 aromatic heterocycles. The molecule has 0 aliphatic carbocycles. The zero-order chi connectivity index (χ0) is 12.3. The standard InChI is InChI=1S/C14H23NOS/c1-13(5-3-9-15-10-11-16-2)7-8-14-6-4-12-17-14/h4-6,12,15H,3,7-11H2,1-2H3. The molecular formula is C14H23NOS. The minimum absolute atomic E-state index is 0.793. The molecule has 0 saturated carbocycles. The molecule has 0 aliphatic heterocycles. The molecule has 1 heterocycles. The van der Waals surface area contributed by atoms with Crippen LogP contribution in [0.15, 0.2) is 29.2 Å². The Bertz CT molecular complexity index is 306. The molecule has 17 heavy (non-hydrogen) atoms. The van der Waals surface area contributed by atoms with Gasteiger partial charge in [-0.1, -0.05) is 17.7 Å². The first-order chi connectivity index (χ1) is 8.33. The van der Waals surface area contributed by atoms with Gasteiger partial charge in [0.05, 0.1) is 6.61 Å². The van der Waals surface area contributed by atoms with Gasteiger partial charge in [-0.15, -0.1) is 11.3 Å². The molecule has 0 atom stereocenters. The minimum Gasteiger partial charge on any atom is -0.383 e. The second kappa shape index (κ2) is 9.40. The van der Waals surface area contributed by atoms with Crippen LogP contribution in [0.5, 0.6) is 0 Å². The van der Waals surface area contributed by atoms with Gasteiger partial charge in [-0.25, -0.2) is 0 Å². The van der Waals surface area contributed by atoms with Crippen molar-refractivity contribution in [2.45, 2.75) is 26.2 Å². The number of aryl methyl sites for hydroxylation is 1. The van der Waals surface area contributed by atoms with Crippen LogP contribution in [0.2, 0.25) is 0 Å². The molecule has 3 heteroatoms. The largest absolute Gasteiger partial charge is 0.383 e. The van der Waals surface area contributed by atoms with Gasteiger partial charge in [0.25, 0.3) is 0 Å². The molecule has 96 valence electrons. The molecule has 0 bridgehead atoms. The maximum absolute atomic E-state index is 4.97. The van der Waals surface area contributed by atoms with Crippen LogP contribution in [-0.4, -0.2) is 26.8 Å². The summed E-state index contributed by atoms with van der Waals surface area (Å²) in [7, 11) is 1.73. The summed E-state index contributed by atoms with van der Waals surface area (Å²) in [5, 5.41) is 5.49. The van der Waals surface area contributed by atoms with E-state index in [1.165, 1.54) is 23.3 Å². The van der Waals surface area contributed by atoms with E-state index in [2.05, 4.69) is 35.8 Å². The fourth-order valence-corrected chi connectivity index (χ4v) is 2.31. The van der Waals surface area contributed by atoms with Crippen molar-refractivity contribution in [3.8, 4) is 0 Å². The van der Waals surface area contributed by atoms with Gasteiger partial charge < -0.3 is 10.1 Å². The second-order valence-corrected chi connectivity index (χ2v) is 5.19. The van der Waals surface area contributed by atoms with Crippen LogP contribution in [0.3, 0.4) is 0 Å². The molecule has 0 aliphatic rings. The van der Waals surface area contributed by atoms with Gasteiger partial charge in [-0.3, -0.25) is 0 Å². The summed E-state index contributed by atoms with van der Waals surface area (Å²) in [6.07, 6.45) is 5.81. The van der Waals surface area contributed by atoms with Gasteiger partial charge in [0, 0.05) is 18.5 Å². The number of allylic oxidation sites excluding steroid dienone is 1. The summed E-state index contributed by atoms with van der Waals surface area (Å²) < 4.78 is 4.97. The molecule has 1 rings (SSSR count). The fourth-order valence-electron chi connectivity index (χ4n) is 1.60. The monoisotopic (exact) mass is 253 g/mol. The summed E-state index contributed by atoms with van der Waals surface area (Å²) in [6, 6.07) is 4.34. The predicted molar refractivity (Wildman–Crippen MR) is 75.8 cm³/mol. The molecule has 2 nitrogen and oxygen atoms in total. The van der Waals surface area contributed by atoms with Gasteiger partial charge in [0.15, 0.2) is 0 Å². The molecule has 0 amide bonds.